The summed E-state index contributed by atoms with van der Waals surface area (Å²) in [5, 5.41) is 0. The van der Waals surface area contributed by atoms with Gasteiger partial charge in [0.15, 0.2) is 11.5 Å². The van der Waals surface area contributed by atoms with Gasteiger partial charge in [0, 0.05) is 0 Å². The Morgan fingerprint density at radius 1 is 0.944 bits per heavy atom. The molecule has 1 aliphatic rings. The van der Waals surface area contributed by atoms with Crippen LogP contribution in [0.5, 0.6) is 11.5 Å². The van der Waals surface area contributed by atoms with Crippen molar-refractivity contribution in [3.63, 3.8) is 0 Å². The standard InChI is InChI=1S/C15H12O3/c16-9-13(11-4-2-1-3-5-11)12-6-7-14-15(8-12)18-10-17-14/h1-9,13H,10H2. The van der Waals surface area contributed by atoms with Crippen LogP contribution in [0.3, 0.4) is 0 Å². The molecule has 18 heavy (non-hydrogen) atoms. The number of hydrogen-bond acceptors (Lipinski definition) is 3. The van der Waals surface area contributed by atoms with Gasteiger partial charge >= 0.3 is 0 Å². The maximum Gasteiger partial charge on any atom is 0.231 e. The molecule has 3 rings (SSSR count). The monoisotopic (exact) mass is 240 g/mol. The van der Waals surface area contributed by atoms with Crippen molar-refractivity contribution in [2.45, 2.75) is 5.92 Å². The smallest absolute Gasteiger partial charge is 0.231 e. The zero-order chi connectivity index (χ0) is 12.4. The number of benzene rings is 2. The third-order valence-corrected chi connectivity index (χ3v) is 3.05. The van der Waals surface area contributed by atoms with Gasteiger partial charge in [-0.15, -0.1) is 0 Å². The van der Waals surface area contributed by atoms with Crippen LogP contribution in [-0.2, 0) is 4.79 Å². The van der Waals surface area contributed by atoms with Gasteiger partial charge in [0.2, 0.25) is 6.79 Å². The molecule has 1 unspecified atom stereocenters. The van der Waals surface area contributed by atoms with Crippen LogP contribution in [0.25, 0.3) is 0 Å². The highest BCUT2D eigenvalue weighted by Crippen LogP contribution is 2.35. The molecule has 0 fully saturated rings. The fourth-order valence-electron chi connectivity index (χ4n) is 2.12. The van der Waals surface area contributed by atoms with Crippen molar-refractivity contribution in [1.29, 1.82) is 0 Å². The molecule has 1 aliphatic heterocycles. The van der Waals surface area contributed by atoms with Crippen LogP contribution < -0.4 is 9.47 Å². The highest BCUT2D eigenvalue weighted by Gasteiger charge is 2.18. The van der Waals surface area contributed by atoms with Gasteiger partial charge in [-0.2, -0.15) is 0 Å². The van der Waals surface area contributed by atoms with Gasteiger partial charge in [0.05, 0.1) is 5.92 Å². The van der Waals surface area contributed by atoms with Gasteiger partial charge in [0.25, 0.3) is 0 Å². The van der Waals surface area contributed by atoms with E-state index >= 15 is 0 Å². The van der Waals surface area contributed by atoms with Crippen molar-refractivity contribution < 1.29 is 14.3 Å². The van der Waals surface area contributed by atoms with Crippen LogP contribution in [0.2, 0.25) is 0 Å². The summed E-state index contributed by atoms with van der Waals surface area (Å²) in [6.45, 7) is 0.246. The molecule has 3 nitrogen and oxygen atoms in total. The SMILES string of the molecule is O=CC(c1ccccc1)c1ccc2c(c1)OCO2. The molecule has 0 N–H and O–H groups in total. The molecular formula is C15H12O3. The first-order chi connectivity index (χ1) is 8.88. The molecule has 90 valence electrons. The fourth-order valence-corrected chi connectivity index (χ4v) is 2.12. The van der Waals surface area contributed by atoms with E-state index in [2.05, 4.69) is 0 Å². The fraction of sp³-hybridized carbons (Fsp3) is 0.133. The minimum Gasteiger partial charge on any atom is -0.454 e. The van der Waals surface area contributed by atoms with Gasteiger partial charge in [-0.3, -0.25) is 0 Å². The lowest BCUT2D eigenvalue weighted by Crippen LogP contribution is -2.02. The Hall–Kier alpha value is -2.29. The molecule has 2 aromatic carbocycles. The molecule has 0 bridgehead atoms. The summed E-state index contributed by atoms with van der Waals surface area (Å²) in [4.78, 5) is 11.3. The Morgan fingerprint density at radius 2 is 1.72 bits per heavy atom. The normalized spacial score (nSPS) is 14.2. The Balaban J connectivity index is 2.00. The molecule has 2 aromatic rings. The van der Waals surface area contributed by atoms with Crippen molar-refractivity contribution in [3.8, 4) is 11.5 Å². The Morgan fingerprint density at radius 3 is 2.50 bits per heavy atom. The molecular weight excluding hydrogens is 228 g/mol. The summed E-state index contributed by atoms with van der Waals surface area (Å²) in [5.41, 5.74) is 1.90. The molecule has 0 aromatic heterocycles. The summed E-state index contributed by atoms with van der Waals surface area (Å²) in [6, 6.07) is 15.3. The van der Waals surface area contributed by atoms with Crippen LogP contribution >= 0.6 is 0 Å². The Kier molecular flexibility index (Phi) is 2.73. The number of hydrogen-bond donors (Lipinski definition) is 0. The quantitative estimate of drug-likeness (QED) is 0.774. The van der Waals surface area contributed by atoms with E-state index in [0.717, 1.165) is 23.2 Å². The second-order valence-corrected chi connectivity index (χ2v) is 4.14. The van der Waals surface area contributed by atoms with E-state index < -0.39 is 0 Å². The van der Waals surface area contributed by atoms with Gasteiger partial charge in [0.1, 0.15) is 6.29 Å². The van der Waals surface area contributed by atoms with Crippen molar-refractivity contribution in [3.05, 3.63) is 59.7 Å². The van der Waals surface area contributed by atoms with E-state index in [1.807, 2.05) is 48.5 Å². The average Bonchev–Trinajstić information content (AvgIpc) is 2.88. The van der Waals surface area contributed by atoms with Crippen LogP contribution in [0.4, 0.5) is 0 Å². The maximum atomic E-state index is 11.3. The number of fused-ring (bicyclic) bond motifs is 1. The molecule has 0 spiro atoms. The van der Waals surface area contributed by atoms with Gasteiger partial charge < -0.3 is 14.3 Å². The topological polar surface area (TPSA) is 35.5 Å². The van der Waals surface area contributed by atoms with E-state index in [9.17, 15) is 4.79 Å². The summed E-state index contributed by atoms with van der Waals surface area (Å²) >= 11 is 0. The molecule has 3 heteroatoms. The predicted octanol–water partition coefficient (Wildman–Crippen LogP) is 2.75. The minimum absolute atomic E-state index is 0.246. The molecule has 0 saturated heterocycles. The lowest BCUT2D eigenvalue weighted by Gasteiger charge is -2.11. The van der Waals surface area contributed by atoms with E-state index in [0.29, 0.717) is 5.75 Å². The van der Waals surface area contributed by atoms with Crippen LogP contribution in [-0.4, -0.2) is 13.1 Å². The van der Waals surface area contributed by atoms with Gasteiger partial charge in [-0.05, 0) is 23.3 Å². The average molecular weight is 240 g/mol. The van der Waals surface area contributed by atoms with Crippen LogP contribution in [0.1, 0.15) is 17.0 Å². The number of ether oxygens (including phenoxy) is 2. The lowest BCUT2D eigenvalue weighted by atomic mass is 9.92. The highest BCUT2D eigenvalue weighted by atomic mass is 16.7. The third kappa shape index (κ3) is 1.84. The molecule has 0 amide bonds. The third-order valence-electron chi connectivity index (χ3n) is 3.05. The van der Waals surface area contributed by atoms with E-state index in [4.69, 9.17) is 9.47 Å². The first kappa shape index (κ1) is 10.8. The zero-order valence-electron chi connectivity index (χ0n) is 9.71. The highest BCUT2D eigenvalue weighted by molar-refractivity contribution is 5.69. The maximum absolute atomic E-state index is 11.3. The van der Waals surface area contributed by atoms with Crippen LogP contribution in [0.15, 0.2) is 48.5 Å². The van der Waals surface area contributed by atoms with E-state index in [1.54, 1.807) is 0 Å². The van der Waals surface area contributed by atoms with Crippen molar-refractivity contribution in [1.82, 2.24) is 0 Å². The van der Waals surface area contributed by atoms with Gasteiger partial charge in [-0.1, -0.05) is 36.4 Å². The lowest BCUT2D eigenvalue weighted by molar-refractivity contribution is -0.108. The second-order valence-electron chi connectivity index (χ2n) is 4.14. The summed E-state index contributed by atoms with van der Waals surface area (Å²) in [5.74, 6) is 1.17. The number of rotatable bonds is 3. The summed E-state index contributed by atoms with van der Waals surface area (Å²) < 4.78 is 10.6. The Bertz CT molecular complexity index is 563. The molecule has 0 radical (unpaired) electrons. The van der Waals surface area contributed by atoms with Crippen molar-refractivity contribution in [2.75, 3.05) is 6.79 Å². The number of aldehydes is 1. The van der Waals surface area contributed by atoms with Crippen LogP contribution in [0, 0.1) is 0 Å². The molecule has 0 saturated carbocycles. The molecule has 1 atom stereocenters. The molecule has 0 aliphatic carbocycles. The van der Waals surface area contributed by atoms with E-state index in [-0.39, 0.29) is 12.7 Å². The number of carbonyl (C=O) groups excluding carboxylic acids is 1. The summed E-state index contributed by atoms with van der Waals surface area (Å²) in [6.07, 6.45) is 0.951. The second kappa shape index (κ2) is 4.53. The van der Waals surface area contributed by atoms with Crippen molar-refractivity contribution in [2.24, 2.45) is 0 Å². The zero-order valence-corrected chi connectivity index (χ0v) is 9.71. The number of carbonyl (C=O) groups is 1. The largest absolute Gasteiger partial charge is 0.454 e. The Labute approximate surface area is 105 Å². The van der Waals surface area contributed by atoms with E-state index in [1.165, 1.54) is 0 Å². The first-order valence-electron chi connectivity index (χ1n) is 5.78. The van der Waals surface area contributed by atoms with Crippen molar-refractivity contribution >= 4 is 6.29 Å². The molecule has 1 heterocycles. The minimum atomic E-state index is -0.263. The summed E-state index contributed by atoms with van der Waals surface area (Å²) in [7, 11) is 0. The predicted molar refractivity (Wildman–Crippen MR) is 66.9 cm³/mol. The first-order valence-corrected chi connectivity index (χ1v) is 5.78. The van der Waals surface area contributed by atoms with Gasteiger partial charge in [-0.25, -0.2) is 0 Å².